The Labute approximate surface area is 127 Å². The van der Waals surface area contributed by atoms with Crippen LogP contribution in [0.1, 0.15) is 31.3 Å². The first-order valence-electron chi connectivity index (χ1n) is 6.92. The van der Waals surface area contributed by atoms with Crippen molar-refractivity contribution in [3.05, 3.63) is 48.7 Å². The Morgan fingerprint density at radius 1 is 1.18 bits per heavy atom. The largest absolute Gasteiger partial charge is 0.455 e. The van der Waals surface area contributed by atoms with Gasteiger partial charge in [0, 0.05) is 0 Å². The van der Waals surface area contributed by atoms with E-state index in [0.29, 0.717) is 5.82 Å². The van der Waals surface area contributed by atoms with Crippen molar-refractivity contribution in [2.24, 2.45) is 0 Å². The molecule has 0 amide bonds. The number of ether oxygens (including phenoxy) is 1. The number of carbonyl (C=O) groups is 1. The number of hydrogen-bond donors (Lipinski definition) is 0. The second kappa shape index (κ2) is 5.22. The zero-order valence-electron chi connectivity index (χ0n) is 12.6. The fraction of sp³-hybridized carbons (Fsp3) is 0.250. The van der Waals surface area contributed by atoms with Gasteiger partial charge in [0.05, 0.1) is 23.4 Å². The lowest BCUT2D eigenvalue weighted by atomic mass is 10.2. The number of carbonyl (C=O) groups excluding carboxylic acids is 1. The molecule has 0 unspecified atom stereocenters. The van der Waals surface area contributed by atoms with Gasteiger partial charge in [0.15, 0.2) is 11.5 Å². The van der Waals surface area contributed by atoms with E-state index >= 15 is 0 Å². The zero-order valence-corrected chi connectivity index (χ0v) is 12.6. The molecule has 3 aromatic rings. The van der Waals surface area contributed by atoms with Gasteiger partial charge in [-0.1, -0.05) is 12.1 Å². The molecule has 6 nitrogen and oxygen atoms in total. The van der Waals surface area contributed by atoms with E-state index in [1.807, 2.05) is 45.0 Å². The van der Waals surface area contributed by atoms with E-state index < -0.39 is 11.6 Å². The summed E-state index contributed by atoms with van der Waals surface area (Å²) in [5.74, 6) is 0.0309. The molecule has 22 heavy (non-hydrogen) atoms. The maximum absolute atomic E-state index is 12.1. The molecule has 0 aliphatic carbocycles. The molecule has 0 spiro atoms. The number of fused-ring (bicyclic) bond motifs is 1. The highest BCUT2D eigenvalue weighted by Gasteiger charge is 2.20. The topological polar surface area (TPSA) is 69.9 Å². The van der Waals surface area contributed by atoms with Crippen molar-refractivity contribution in [1.82, 2.24) is 19.5 Å². The number of benzene rings is 1. The van der Waals surface area contributed by atoms with E-state index in [1.165, 1.54) is 6.20 Å². The van der Waals surface area contributed by atoms with E-state index in [-0.39, 0.29) is 5.69 Å². The molecule has 0 bridgehead atoms. The van der Waals surface area contributed by atoms with E-state index in [0.717, 1.165) is 11.0 Å². The minimum absolute atomic E-state index is 0.171. The van der Waals surface area contributed by atoms with Crippen LogP contribution in [0.4, 0.5) is 0 Å². The number of para-hydroxylation sites is 2. The molecule has 3 rings (SSSR count). The Hall–Kier alpha value is -2.76. The molecule has 2 aromatic heterocycles. The van der Waals surface area contributed by atoms with Crippen LogP contribution in [-0.4, -0.2) is 31.1 Å². The van der Waals surface area contributed by atoms with Crippen LogP contribution >= 0.6 is 0 Å². The minimum atomic E-state index is -0.573. The van der Waals surface area contributed by atoms with Gasteiger partial charge in [-0.05, 0) is 32.9 Å². The molecule has 6 heteroatoms. The predicted molar refractivity (Wildman–Crippen MR) is 81.8 cm³/mol. The number of rotatable bonds is 2. The van der Waals surface area contributed by atoms with Gasteiger partial charge in [-0.25, -0.2) is 14.8 Å². The van der Waals surface area contributed by atoms with Crippen LogP contribution in [-0.2, 0) is 4.74 Å². The summed E-state index contributed by atoms with van der Waals surface area (Å²) in [7, 11) is 0. The molecule has 0 saturated carbocycles. The fourth-order valence-corrected chi connectivity index (χ4v) is 2.04. The minimum Gasteiger partial charge on any atom is -0.455 e. The zero-order chi connectivity index (χ0) is 15.7. The average Bonchev–Trinajstić information content (AvgIpc) is 2.89. The van der Waals surface area contributed by atoms with Gasteiger partial charge in [-0.2, -0.15) is 0 Å². The lowest BCUT2D eigenvalue weighted by Gasteiger charge is -2.19. The predicted octanol–water partition coefficient (Wildman–Crippen LogP) is 2.77. The number of imidazole rings is 1. The van der Waals surface area contributed by atoms with Crippen LogP contribution in [0, 0.1) is 0 Å². The van der Waals surface area contributed by atoms with Gasteiger partial charge < -0.3 is 4.74 Å². The standard InChI is InChI=1S/C16H16N4O2/c1-16(2,3)22-15(21)12-8-17-9-14(19-12)20-10-18-11-6-4-5-7-13(11)20/h4-10H,1-3H3. The summed E-state index contributed by atoms with van der Waals surface area (Å²) < 4.78 is 7.11. The van der Waals surface area contributed by atoms with Gasteiger partial charge in [-0.3, -0.25) is 9.55 Å². The van der Waals surface area contributed by atoms with E-state index in [4.69, 9.17) is 4.74 Å². The molecule has 0 radical (unpaired) electrons. The van der Waals surface area contributed by atoms with Crippen LogP contribution in [0.5, 0.6) is 0 Å². The van der Waals surface area contributed by atoms with E-state index in [1.54, 1.807) is 17.1 Å². The summed E-state index contributed by atoms with van der Waals surface area (Å²) in [6, 6.07) is 7.69. The summed E-state index contributed by atoms with van der Waals surface area (Å²) in [5, 5.41) is 0. The first-order chi connectivity index (χ1) is 10.4. The normalized spacial score (nSPS) is 11.6. The molecule has 0 N–H and O–H groups in total. The number of nitrogens with zero attached hydrogens (tertiary/aromatic N) is 4. The van der Waals surface area contributed by atoms with E-state index in [9.17, 15) is 4.79 Å². The quantitative estimate of drug-likeness (QED) is 0.680. The van der Waals surface area contributed by atoms with Gasteiger partial charge in [0.2, 0.25) is 0 Å². The first kappa shape index (κ1) is 14.2. The van der Waals surface area contributed by atoms with Crippen LogP contribution in [0.25, 0.3) is 16.9 Å². The van der Waals surface area contributed by atoms with Crippen molar-refractivity contribution in [2.75, 3.05) is 0 Å². The number of aromatic nitrogens is 4. The molecular weight excluding hydrogens is 280 g/mol. The Morgan fingerprint density at radius 3 is 2.73 bits per heavy atom. The summed E-state index contributed by atoms with van der Waals surface area (Å²) in [6.07, 6.45) is 4.65. The van der Waals surface area contributed by atoms with Crippen LogP contribution in [0.3, 0.4) is 0 Å². The summed E-state index contributed by atoms with van der Waals surface area (Å²) in [6.45, 7) is 5.43. The van der Waals surface area contributed by atoms with Crippen LogP contribution in [0.2, 0.25) is 0 Å². The lowest BCUT2D eigenvalue weighted by Crippen LogP contribution is -2.24. The fourth-order valence-electron chi connectivity index (χ4n) is 2.04. The maximum atomic E-state index is 12.1. The molecule has 0 aliphatic heterocycles. The molecule has 2 heterocycles. The molecule has 0 atom stereocenters. The molecule has 1 aromatic carbocycles. The number of hydrogen-bond acceptors (Lipinski definition) is 5. The summed E-state index contributed by atoms with van der Waals surface area (Å²) in [4.78, 5) is 24.8. The molecular formula is C16H16N4O2. The van der Waals surface area contributed by atoms with Crippen molar-refractivity contribution >= 4 is 17.0 Å². The lowest BCUT2D eigenvalue weighted by molar-refractivity contribution is 0.00622. The van der Waals surface area contributed by atoms with Crippen molar-refractivity contribution in [1.29, 1.82) is 0 Å². The molecule has 0 fully saturated rings. The third-order valence-electron chi connectivity index (χ3n) is 2.93. The molecule has 0 aliphatic rings. The van der Waals surface area contributed by atoms with Gasteiger partial charge in [-0.15, -0.1) is 0 Å². The Balaban J connectivity index is 1.99. The third-order valence-corrected chi connectivity index (χ3v) is 2.93. The van der Waals surface area contributed by atoms with Gasteiger partial charge in [0.25, 0.3) is 0 Å². The monoisotopic (exact) mass is 296 g/mol. The summed E-state index contributed by atoms with van der Waals surface area (Å²) >= 11 is 0. The maximum Gasteiger partial charge on any atom is 0.359 e. The van der Waals surface area contributed by atoms with Crippen LogP contribution < -0.4 is 0 Å². The Morgan fingerprint density at radius 2 is 1.95 bits per heavy atom. The second-order valence-corrected chi connectivity index (χ2v) is 5.87. The van der Waals surface area contributed by atoms with Crippen LogP contribution in [0.15, 0.2) is 43.0 Å². The van der Waals surface area contributed by atoms with E-state index in [2.05, 4.69) is 15.0 Å². The highest BCUT2D eigenvalue weighted by molar-refractivity contribution is 5.87. The molecule has 112 valence electrons. The third kappa shape index (κ3) is 2.81. The smallest absolute Gasteiger partial charge is 0.359 e. The Kier molecular flexibility index (Phi) is 3.36. The highest BCUT2D eigenvalue weighted by Crippen LogP contribution is 2.17. The average molecular weight is 296 g/mol. The van der Waals surface area contributed by atoms with Crippen molar-refractivity contribution in [2.45, 2.75) is 26.4 Å². The van der Waals surface area contributed by atoms with Crippen molar-refractivity contribution < 1.29 is 9.53 Å². The first-order valence-corrected chi connectivity index (χ1v) is 6.92. The van der Waals surface area contributed by atoms with Crippen molar-refractivity contribution in [3.63, 3.8) is 0 Å². The highest BCUT2D eigenvalue weighted by atomic mass is 16.6. The molecule has 0 saturated heterocycles. The second-order valence-electron chi connectivity index (χ2n) is 5.87. The number of esters is 1. The Bertz CT molecular complexity index is 833. The van der Waals surface area contributed by atoms with Crippen molar-refractivity contribution in [3.8, 4) is 5.82 Å². The summed E-state index contributed by atoms with van der Waals surface area (Å²) in [5.41, 5.74) is 1.35. The SMILES string of the molecule is CC(C)(C)OC(=O)c1cncc(-n2cnc3ccccc32)n1. The van der Waals surface area contributed by atoms with Gasteiger partial charge >= 0.3 is 5.97 Å². The van der Waals surface area contributed by atoms with Gasteiger partial charge in [0.1, 0.15) is 11.9 Å².